The summed E-state index contributed by atoms with van der Waals surface area (Å²) in [6.45, 7) is 0.967. The van der Waals surface area contributed by atoms with Crippen LogP contribution >= 0.6 is 11.3 Å². The number of nitrogens with one attached hydrogen (secondary N) is 1. The van der Waals surface area contributed by atoms with Crippen LogP contribution in [0.3, 0.4) is 0 Å². The molecule has 2 aromatic carbocycles. The predicted octanol–water partition coefficient (Wildman–Crippen LogP) is 3.36. The zero-order valence-corrected chi connectivity index (χ0v) is 16.7. The fourth-order valence-corrected chi connectivity index (χ4v) is 6.58. The highest BCUT2D eigenvalue weighted by molar-refractivity contribution is 7.89. The Morgan fingerprint density at radius 1 is 1.11 bits per heavy atom. The van der Waals surface area contributed by atoms with Crippen molar-refractivity contribution < 1.29 is 13.2 Å². The number of rotatable bonds is 3. The monoisotopic (exact) mass is 413 g/mol. The van der Waals surface area contributed by atoms with E-state index in [1.54, 1.807) is 33.8 Å². The van der Waals surface area contributed by atoms with Gasteiger partial charge in [-0.3, -0.25) is 4.79 Å². The largest absolute Gasteiger partial charge is 0.326 e. The molecule has 3 heterocycles. The van der Waals surface area contributed by atoms with E-state index in [0.717, 1.165) is 28.9 Å². The van der Waals surface area contributed by atoms with E-state index in [0.29, 0.717) is 24.7 Å². The molecule has 0 saturated carbocycles. The van der Waals surface area contributed by atoms with Crippen molar-refractivity contribution in [2.24, 2.45) is 0 Å². The Hall–Kier alpha value is -2.29. The minimum atomic E-state index is -3.55. The van der Waals surface area contributed by atoms with Gasteiger partial charge in [0.25, 0.3) is 0 Å². The van der Waals surface area contributed by atoms with Crippen molar-refractivity contribution in [2.75, 3.05) is 18.4 Å². The third-order valence-corrected chi connectivity index (χ3v) is 8.55. The van der Waals surface area contributed by atoms with Crippen LogP contribution in [0, 0.1) is 0 Å². The van der Waals surface area contributed by atoms with Crippen LogP contribution in [0.4, 0.5) is 5.69 Å². The molecule has 8 heteroatoms. The third-order valence-electron chi connectivity index (χ3n) is 5.45. The van der Waals surface area contributed by atoms with Gasteiger partial charge in [-0.2, -0.15) is 4.31 Å². The number of aromatic nitrogens is 1. The van der Waals surface area contributed by atoms with E-state index in [9.17, 15) is 13.2 Å². The van der Waals surface area contributed by atoms with E-state index in [1.807, 2.05) is 18.2 Å². The Labute approximate surface area is 167 Å². The Kier molecular flexibility index (Phi) is 4.22. The van der Waals surface area contributed by atoms with E-state index in [-0.39, 0.29) is 17.2 Å². The molecule has 5 rings (SSSR count). The van der Waals surface area contributed by atoms with Crippen LogP contribution in [0.15, 0.2) is 47.4 Å². The summed E-state index contributed by atoms with van der Waals surface area (Å²) in [7, 11) is -3.55. The average molecular weight is 414 g/mol. The van der Waals surface area contributed by atoms with E-state index in [4.69, 9.17) is 4.98 Å². The molecule has 28 heavy (non-hydrogen) atoms. The lowest BCUT2D eigenvalue weighted by atomic mass is 9.99. The molecule has 144 valence electrons. The van der Waals surface area contributed by atoms with Gasteiger partial charge < -0.3 is 5.32 Å². The highest BCUT2D eigenvalue weighted by atomic mass is 32.2. The Morgan fingerprint density at radius 3 is 2.68 bits per heavy atom. The van der Waals surface area contributed by atoms with E-state index in [2.05, 4.69) is 11.4 Å². The van der Waals surface area contributed by atoms with E-state index in [1.165, 1.54) is 4.70 Å². The van der Waals surface area contributed by atoms with Crippen LogP contribution in [0.1, 0.15) is 29.3 Å². The lowest BCUT2D eigenvalue weighted by molar-refractivity contribution is -0.115. The number of nitrogens with zero attached hydrogens (tertiary/aromatic N) is 2. The predicted molar refractivity (Wildman–Crippen MR) is 109 cm³/mol. The summed E-state index contributed by atoms with van der Waals surface area (Å²) in [5.41, 5.74) is 2.47. The summed E-state index contributed by atoms with van der Waals surface area (Å²) < 4.78 is 28.9. The van der Waals surface area contributed by atoms with Gasteiger partial charge >= 0.3 is 0 Å². The molecule has 0 aliphatic carbocycles. The summed E-state index contributed by atoms with van der Waals surface area (Å²) in [6, 6.07) is 13.0. The molecule has 0 radical (unpaired) electrons. The second-order valence-electron chi connectivity index (χ2n) is 7.24. The molecule has 0 unspecified atom stereocenters. The molecule has 0 atom stereocenters. The molecule has 1 amide bonds. The molecule has 2 aliphatic heterocycles. The first-order valence-corrected chi connectivity index (χ1v) is 11.5. The van der Waals surface area contributed by atoms with Crippen molar-refractivity contribution in [3.63, 3.8) is 0 Å². The van der Waals surface area contributed by atoms with Gasteiger partial charge in [-0.25, -0.2) is 13.4 Å². The van der Waals surface area contributed by atoms with Crippen molar-refractivity contribution in [3.8, 4) is 0 Å². The molecule has 6 nitrogen and oxygen atoms in total. The summed E-state index contributed by atoms with van der Waals surface area (Å²) >= 11 is 1.70. The molecule has 1 N–H and O–H groups in total. The van der Waals surface area contributed by atoms with Gasteiger partial charge in [0.2, 0.25) is 15.9 Å². The SMILES string of the molecule is O=C1Cc2cc(S(=O)(=O)N3CCC(c4nc5ccccc5s4)CC3)ccc2N1. The number of benzene rings is 2. The Balaban J connectivity index is 1.33. The Morgan fingerprint density at radius 2 is 1.89 bits per heavy atom. The molecule has 0 bridgehead atoms. The summed E-state index contributed by atoms with van der Waals surface area (Å²) in [5, 5.41) is 3.83. The number of thiazole rings is 1. The first-order valence-electron chi connectivity index (χ1n) is 9.29. The molecular weight excluding hydrogens is 394 g/mol. The van der Waals surface area contributed by atoms with Gasteiger partial charge in [0.15, 0.2) is 0 Å². The van der Waals surface area contributed by atoms with Crippen molar-refractivity contribution in [3.05, 3.63) is 53.0 Å². The smallest absolute Gasteiger partial charge is 0.243 e. The van der Waals surface area contributed by atoms with Crippen molar-refractivity contribution in [1.29, 1.82) is 0 Å². The zero-order chi connectivity index (χ0) is 19.3. The van der Waals surface area contributed by atoms with Gasteiger partial charge in [-0.15, -0.1) is 11.3 Å². The summed E-state index contributed by atoms with van der Waals surface area (Å²) in [6.07, 6.45) is 1.77. The van der Waals surface area contributed by atoms with Crippen LogP contribution in [-0.2, 0) is 21.2 Å². The number of carbonyl (C=O) groups is 1. The molecular formula is C20H19N3O3S2. The van der Waals surface area contributed by atoms with Gasteiger partial charge in [0.05, 0.1) is 26.5 Å². The standard InChI is InChI=1S/C20H19N3O3S2/c24-19-12-14-11-15(5-6-16(14)21-19)28(25,26)23-9-7-13(8-10-23)20-22-17-3-1-2-4-18(17)27-20/h1-6,11,13H,7-10,12H2,(H,21,24). The van der Waals surface area contributed by atoms with Crippen LogP contribution in [-0.4, -0.2) is 36.7 Å². The summed E-state index contributed by atoms with van der Waals surface area (Å²) in [4.78, 5) is 16.5. The maximum absolute atomic E-state index is 13.1. The third kappa shape index (κ3) is 3.01. The topological polar surface area (TPSA) is 79.4 Å². The number of piperidine rings is 1. The first-order chi connectivity index (χ1) is 13.5. The molecule has 3 aromatic rings. The highest BCUT2D eigenvalue weighted by Crippen LogP contribution is 2.35. The normalized spacial score (nSPS) is 18.4. The zero-order valence-electron chi connectivity index (χ0n) is 15.1. The number of sulfonamides is 1. The minimum Gasteiger partial charge on any atom is -0.326 e. The number of fused-ring (bicyclic) bond motifs is 2. The molecule has 0 spiro atoms. The van der Waals surface area contributed by atoms with Gasteiger partial charge in [0.1, 0.15) is 0 Å². The van der Waals surface area contributed by atoms with E-state index < -0.39 is 10.0 Å². The number of anilines is 1. The number of hydrogen-bond acceptors (Lipinski definition) is 5. The molecule has 2 aliphatic rings. The fourth-order valence-electron chi connectivity index (χ4n) is 3.92. The molecule has 1 aromatic heterocycles. The second-order valence-corrected chi connectivity index (χ2v) is 10.2. The van der Waals surface area contributed by atoms with Crippen LogP contribution in [0.5, 0.6) is 0 Å². The maximum Gasteiger partial charge on any atom is 0.243 e. The number of para-hydroxylation sites is 1. The Bertz CT molecular complexity index is 1150. The fraction of sp³-hybridized carbons (Fsp3) is 0.300. The number of carbonyl (C=O) groups excluding carboxylic acids is 1. The van der Waals surface area contributed by atoms with Gasteiger partial charge in [-0.1, -0.05) is 12.1 Å². The second kappa shape index (κ2) is 6.65. The van der Waals surface area contributed by atoms with Crippen molar-refractivity contribution in [2.45, 2.75) is 30.1 Å². The number of amides is 1. The lowest BCUT2D eigenvalue weighted by Crippen LogP contribution is -2.37. The number of hydrogen-bond donors (Lipinski definition) is 1. The van der Waals surface area contributed by atoms with E-state index >= 15 is 0 Å². The van der Waals surface area contributed by atoms with Crippen LogP contribution in [0.25, 0.3) is 10.2 Å². The first kappa shape index (κ1) is 17.8. The van der Waals surface area contributed by atoms with Gasteiger partial charge in [0, 0.05) is 24.7 Å². The molecule has 1 saturated heterocycles. The lowest BCUT2D eigenvalue weighted by Gasteiger charge is -2.30. The highest BCUT2D eigenvalue weighted by Gasteiger charge is 2.32. The van der Waals surface area contributed by atoms with Crippen LogP contribution < -0.4 is 5.32 Å². The van der Waals surface area contributed by atoms with Crippen molar-refractivity contribution >= 4 is 43.2 Å². The summed E-state index contributed by atoms with van der Waals surface area (Å²) in [5.74, 6) is 0.201. The van der Waals surface area contributed by atoms with Crippen molar-refractivity contribution in [1.82, 2.24) is 9.29 Å². The molecule has 1 fully saturated rings. The average Bonchev–Trinajstić information content (AvgIpc) is 3.29. The van der Waals surface area contributed by atoms with Crippen LogP contribution in [0.2, 0.25) is 0 Å². The van der Waals surface area contributed by atoms with Gasteiger partial charge in [-0.05, 0) is 48.7 Å². The quantitative estimate of drug-likeness (QED) is 0.714. The maximum atomic E-state index is 13.1. The minimum absolute atomic E-state index is 0.0961.